The summed E-state index contributed by atoms with van der Waals surface area (Å²) in [4.78, 5) is 15.5. The van der Waals surface area contributed by atoms with Gasteiger partial charge in [-0.3, -0.25) is 4.79 Å². The van der Waals surface area contributed by atoms with Gasteiger partial charge < -0.3 is 25.0 Å². The summed E-state index contributed by atoms with van der Waals surface area (Å²) in [6.45, 7) is 3.30. The van der Waals surface area contributed by atoms with Gasteiger partial charge in [0.1, 0.15) is 0 Å². The molecule has 0 unspecified atom stereocenters. The highest BCUT2D eigenvalue weighted by Crippen LogP contribution is 2.27. The Labute approximate surface area is 189 Å². The molecule has 2 aromatic carbocycles. The van der Waals surface area contributed by atoms with Crippen molar-refractivity contribution in [3.05, 3.63) is 53.3 Å². The Bertz CT molecular complexity index is 925. The van der Waals surface area contributed by atoms with Crippen LogP contribution < -0.4 is 20.3 Å². The molecule has 0 atom stereocenters. The summed E-state index contributed by atoms with van der Waals surface area (Å²) in [7, 11) is 1.45. The van der Waals surface area contributed by atoms with E-state index in [1.165, 1.54) is 32.4 Å². The molecular weight excluding hydrogens is 409 g/mol. The van der Waals surface area contributed by atoms with E-state index >= 15 is 0 Å². The fourth-order valence-electron chi connectivity index (χ4n) is 4.44. The number of rotatable bonds is 7. The second-order valence-electron chi connectivity index (χ2n) is 8.46. The number of nitrogens with one attached hydrogen (secondary N) is 2. The minimum Gasteiger partial charge on any atom is -0.494 e. The van der Waals surface area contributed by atoms with E-state index in [0.717, 1.165) is 42.9 Å². The molecule has 1 saturated heterocycles. The average Bonchev–Trinajstić information content (AvgIpc) is 2.84. The molecule has 0 aromatic heterocycles. The number of morpholine rings is 1. The van der Waals surface area contributed by atoms with Gasteiger partial charge in [-0.1, -0.05) is 25.3 Å². The quantitative estimate of drug-likeness (QED) is 0.669. The summed E-state index contributed by atoms with van der Waals surface area (Å²) >= 11 is 0. The largest absolute Gasteiger partial charge is 0.494 e. The number of hydrogen-bond acceptors (Lipinski definition) is 5. The van der Waals surface area contributed by atoms with Crippen molar-refractivity contribution in [3.8, 4) is 5.75 Å². The van der Waals surface area contributed by atoms with E-state index in [9.17, 15) is 9.18 Å². The fourth-order valence-corrected chi connectivity index (χ4v) is 4.44. The van der Waals surface area contributed by atoms with Gasteiger partial charge in [0, 0.05) is 37.1 Å². The summed E-state index contributed by atoms with van der Waals surface area (Å²) < 4.78 is 24.5. The Morgan fingerprint density at radius 3 is 2.62 bits per heavy atom. The van der Waals surface area contributed by atoms with Crippen LogP contribution in [0.5, 0.6) is 5.75 Å². The lowest BCUT2D eigenvalue weighted by Crippen LogP contribution is -2.40. The smallest absolute Gasteiger partial charge is 0.253 e. The van der Waals surface area contributed by atoms with E-state index in [1.54, 1.807) is 6.07 Å². The maximum Gasteiger partial charge on any atom is 0.253 e. The van der Waals surface area contributed by atoms with Gasteiger partial charge in [-0.15, -0.1) is 0 Å². The molecule has 2 fully saturated rings. The van der Waals surface area contributed by atoms with Gasteiger partial charge in [0.2, 0.25) is 0 Å². The number of ether oxygens (including phenoxy) is 2. The van der Waals surface area contributed by atoms with Crippen LogP contribution in [-0.2, 0) is 11.3 Å². The number of carbonyl (C=O) groups excluding carboxylic acids is 1. The lowest BCUT2D eigenvalue weighted by molar-refractivity contribution is 0.0926. The number of methoxy groups -OCH3 is 1. The van der Waals surface area contributed by atoms with Crippen LogP contribution >= 0.6 is 0 Å². The molecule has 0 radical (unpaired) electrons. The van der Waals surface area contributed by atoms with Crippen LogP contribution in [0.15, 0.2) is 36.4 Å². The molecule has 172 valence electrons. The molecule has 6 nitrogen and oxygen atoms in total. The van der Waals surface area contributed by atoms with Crippen LogP contribution in [0.2, 0.25) is 0 Å². The molecule has 0 spiro atoms. The molecule has 7 heteroatoms. The van der Waals surface area contributed by atoms with Crippen LogP contribution in [0.1, 0.15) is 48.0 Å². The predicted octanol–water partition coefficient (Wildman–Crippen LogP) is 4.35. The first-order valence-corrected chi connectivity index (χ1v) is 11.5. The lowest BCUT2D eigenvalue weighted by atomic mass is 9.95. The van der Waals surface area contributed by atoms with Crippen LogP contribution in [0, 0.1) is 5.82 Å². The molecule has 32 heavy (non-hydrogen) atoms. The van der Waals surface area contributed by atoms with Gasteiger partial charge in [-0.2, -0.15) is 0 Å². The fraction of sp³-hybridized carbons (Fsp3) is 0.480. The molecule has 2 aliphatic rings. The Morgan fingerprint density at radius 1 is 1.12 bits per heavy atom. The van der Waals surface area contributed by atoms with Crippen molar-refractivity contribution >= 4 is 17.3 Å². The van der Waals surface area contributed by atoms with Crippen molar-refractivity contribution in [1.29, 1.82) is 0 Å². The van der Waals surface area contributed by atoms with E-state index in [4.69, 9.17) is 9.47 Å². The molecule has 1 saturated carbocycles. The maximum atomic E-state index is 14.0. The molecule has 1 heterocycles. The maximum absolute atomic E-state index is 14.0. The molecule has 2 aromatic rings. The number of benzene rings is 2. The van der Waals surface area contributed by atoms with E-state index in [2.05, 4.69) is 15.5 Å². The zero-order chi connectivity index (χ0) is 22.3. The molecule has 4 rings (SSSR count). The van der Waals surface area contributed by atoms with Gasteiger partial charge in [0.05, 0.1) is 25.9 Å². The zero-order valence-corrected chi connectivity index (χ0v) is 18.7. The Kier molecular flexibility index (Phi) is 7.47. The minimum atomic E-state index is -0.387. The Balaban J connectivity index is 1.52. The van der Waals surface area contributed by atoms with Crippen molar-refractivity contribution < 1.29 is 18.7 Å². The number of carbonyl (C=O) groups is 1. The van der Waals surface area contributed by atoms with Crippen LogP contribution in [-0.4, -0.2) is 45.4 Å². The van der Waals surface area contributed by atoms with Crippen molar-refractivity contribution in [2.24, 2.45) is 0 Å². The Morgan fingerprint density at radius 2 is 1.91 bits per heavy atom. The van der Waals surface area contributed by atoms with Gasteiger partial charge in [0.15, 0.2) is 11.6 Å². The van der Waals surface area contributed by atoms with E-state index in [0.29, 0.717) is 25.3 Å². The van der Waals surface area contributed by atoms with Crippen molar-refractivity contribution in [2.45, 2.75) is 44.7 Å². The van der Waals surface area contributed by atoms with Crippen molar-refractivity contribution in [3.63, 3.8) is 0 Å². The number of nitrogens with zero attached hydrogens (tertiary/aromatic N) is 1. The SMILES string of the molecule is COc1ccc(CNc2ccc(N3CCOCC3)c(C(=O)NC3CCCCC3)c2)cc1F. The summed E-state index contributed by atoms with van der Waals surface area (Å²) in [6, 6.07) is 11.0. The topological polar surface area (TPSA) is 62.8 Å². The number of hydrogen-bond donors (Lipinski definition) is 2. The third-order valence-electron chi connectivity index (χ3n) is 6.25. The second kappa shape index (κ2) is 10.7. The second-order valence-corrected chi connectivity index (χ2v) is 8.46. The third kappa shape index (κ3) is 5.51. The molecule has 2 N–H and O–H groups in total. The first kappa shape index (κ1) is 22.4. The number of amides is 1. The highest BCUT2D eigenvalue weighted by atomic mass is 19.1. The van der Waals surface area contributed by atoms with Crippen LogP contribution in [0.25, 0.3) is 0 Å². The van der Waals surface area contributed by atoms with Gasteiger partial charge >= 0.3 is 0 Å². The number of anilines is 2. The first-order valence-electron chi connectivity index (χ1n) is 11.5. The van der Waals surface area contributed by atoms with Crippen LogP contribution in [0.3, 0.4) is 0 Å². The highest BCUT2D eigenvalue weighted by Gasteiger charge is 2.22. The van der Waals surface area contributed by atoms with Crippen LogP contribution in [0.4, 0.5) is 15.8 Å². The van der Waals surface area contributed by atoms with Gasteiger partial charge in [0.25, 0.3) is 5.91 Å². The molecule has 1 aliphatic carbocycles. The van der Waals surface area contributed by atoms with E-state index < -0.39 is 0 Å². The monoisotopic (exact) mass is 441 g/mol. The van der Waals surface area contributed by atoms with Gasteiger partial charge in [-0.05, 0) is 48.7 Å². The molecule has 1 amide bonds. The van der Waals surface area contributed by atoms with Crippen molar-refractivity contribution in [2.75, 3.05) is 43.6 Å². The molecule has 0 bridgehead atoms. The summed E-state index contributed by atoms with van der Waals surface area (Å²) in [5, 5.41) is 6.57. The summed E-state index contributed by atoms with van der Waals surface area (Å²) in [5.41, 5.74) is 3.23. The highest BCUT2D eigenvalue weighted by molar-refractivity contribution is 6.01. The normalized spacial score (nSPS) is 17.1. The standard InChI is InChI=1S/C25H32FN3O3/c1-31-24-10-7-18(15-22(24)26)17-27-20-8-9-23(29-11-13-32-14-12-29)21(16-20)25(30)28-19-5-3-2-4-6-19/h7-10,15-16,19,27H,2-6,11-14,17H2,1H3,(H,28,30). The summed E-state index contributed by atoms with van der Waals surface area (Å²) in [5.74, 6) is -0.190. The summed E-state index contributed by atoms with van der Waals surface area (Å²) in [6.07, 6.45) is 5.67. The van der Waals surface area contributed by atoms with E-state index in [-0.39, 0.29) is 23.5 Å². The zero-order valence-electron chi connectivity index (χ0n) is 18.7. The van der Waals surface area contributed by atoms with E-state index in [1.807, 2.05) is 24.3 Å². The Hall–Kier alpha value is -2.80. The van der Waals surface area contributed by atoms with Gasteiger partial charge in [-0.25, -0.2) is 4.39 Å². The number of halogens is 1. The molecular formula is C25H32FN3O3. The predicted molar refractivity (Wildman–Crippen MR) is 124 cm³/mol. The molecule has 1 aliphatic heterocycles. The lowest BCUT2D eigenvalue weighted by Gasteiger charge is -2.31. The average molecular weight is 442 g/mol. The first-order chi connectivity index (χ1) is 15.6. The minimum absolute atomic E-state index is 0.0301. The van der Waals surface area contributed by atoms with Crippen molar-refractivity contribution in [1.82, 2.24) is 5.32 Å². The third-order valence-corrected chi connectivity index (χ3v) is 6.25.